The maximum atomic E-state index is 12.4. The van der Waals surface area contributed by atoms with E-state index in [4.69, 9.17) is 4.74 Å². The van der Waals surface area contributed by atoms with Crippen LogP contribution in [0.5, 0.6) is 0 Å². The highest BCUT2D eigenvalue weighted by Gasteiger charge is 2.28. The second-order valence-corrected chi connectivity index (χ2v) is 6.72. The van der Waals surface area contributed by atoms with E-state index in [1.54, 1.807) is 25.3 Å². The van der Waals surface area contributed by atoms with Crippen LogP contribution in [0.3, 0.4) is 0 Å². The van der Waals surface area contributed by atoms with Gasteiger partial charge in [0, 0.05) is 30.4 Å². The van der Waals surface area contributed by atoms with Gasteiger partial charge in [0.25, 0.3) is 5.91 Å². The Bertz CT molecular complexity index is 758. The summed E-state index contributed by atoms with van der Waals surface area (Å²) >= 11 is 1.45. The first-order valence-electron chi connectivity index (χ1n) is 7.81. The molecule has 0 radical (unpaired) electrons. The Balaban J connectivity index is 1.94. The minimum absolute atomic E-state index is 0.277. The molecule has 7 heteroatoms. The molecule has 0 bridgehead atoms. The van der Waals surface area contributed by atoms with Crippen LogP contribution in [0.1, 0.15) is 38.1 Å². The zero-order valence-electron chi connectivity index (χ0n) is 13.7. The van der Waals surface area contributed by atoms with Crippen LogP contribution in [-0.2, 0) is 17.7 Å². The molecular formula is C17H19N3O3S. The van der Waals surface area contributed by atoms with Crippen molar-refractivity contribution in [1.82, 2.24) is 9.88 Å². The van der Waals surface area contributed by atoms with Gasteiger partial charge >= 0.3 is 5.97 Å². The summed E-state index contributed by atoms with van der Waals surface area (Å²) in [5, 5.41) is 3.42. The number of esters is 1. The summed E-state index contributed by atoms with van der Waals surface area (Å²) in [5.41, 5.74) is 1.95. The average molecular weight is 345 g/mol. The van der Waals surface area contributed by atoms with E-state index in [0.29, 0.717) is 22.7 Å². The number of hydrogen-bond acceptors (Lipinski definition) is 6. The van der Waals surface area contributed by atoms with E-state index >= 15 is 0 Å². The Morgan fingerprint density at radius 3 is 3.00 bits per heavy atom. The van der Waals surface area contributed by atoms with Gasteiger partial charge in [0.15, 0.2) is 0 Å². The largest absolute Gasteiger partial charge is 0.462 e. The number of ether oxygens (including phenoxy) is 1. The van der Waals surface area contributed by atoms with E-state index < -0.39 is 0 Å². The van der Waals surface area contributed by atoms with E-state index in [0.717, 1.165) is 30.0 Å². The fourth-order valence-corrected chi connectivity index (χ4v) is 4.02. The van der Waals surface area contributed by atoms with Gasteiger partial charge in [-0.05, 0) is 38.1 Å². The lowest BCUT2D eigenvalue weighted by molar-refractivity contribution is 0.0526. The topological polar surface area (TPSA) is 71.5 Å². The van der Waals surface area contributed by atoms with Crippen LogP contribution >= 0.6 is 11.3 Å². The molecule has 0 saturated heterocycles. The fraction of sp³-hybridized carbons (Fsp3) is 0.353. The number of hydrogen-bond donors (Lipinski definition) is 1. The van der Waals surface area contributed by atoms with Crippen LogP contribution in [0.2, 0.25) is 0 Å². The van der Waals surface area contributed by atoms with Gasteiger partial charge in [0.05, 0.1) is 17.7 Å². The fourth-order valence-electron chi connectivity index (χ4n) is 2.71. The number of rotatable bonds is 4. The van der Waals surface area contributed by atoms with Crippen LogP contribution < -0.4 is 5.32 Å². The van der Waals surface area contributed by atoms with Gasteiger partial charge in [-0.2, -0.15) is 0 Å². The SMILES string of the molecule is CCOC(=O)c1c(NC(=O)c2cccnc2)sc2c1CCN(C)C2. The van der Waals surface area contributed by atoms with Crippen LogP contribution in [0.4, 0.5) is 5.00 Å². The second-order valence-electron chi connectivity index (χ2n) is 5.61. The Morgan fingerprint density at radius 2 is 2.29 bits per heavy atom. The lowest BCUT2D eigenvalue weighted by Crippen LogP contribution is -2.26. The van der Waals surface area contributed by atoms with E-state index in [9.17, 15) is 9.59 Å². The average Bonchev–Trinajstić information content (AvgIpc) is 2.92. The van der Waals surface area contributed by atoms with Gasteiger partial charge in [-0.1, -0.05) is 0 Å². The van der Waals surface area contributed by atoms with Gasteiger partial charge in [0.2, 0.25) is 0 Å². The van der Waals surface area contributed by atoms with Crippen molar-refractivity contribution in [2.75, 3.05) is 25.5 Å². The summed E-state index contributed by atoms with van der Waals surface area (Å²) in [4.78, 5) is 32.1. The molecule has 6 nitrogen and oxygen atoms in total. The summed E-state index contributed by atoms with van der Waals surface area (Å²) in [6.07, 6.45) is 3.89. The first-order valence-corrected chi connectivity index (χ1v) is 8.63. The lowest BCUT2D eigenvalue weighted by Gasteiger charge is -2.22. The molecule has 0 saturated carbocycles. The zero-order valence-corrected chi connectivity index (χ0v) is 14.5. The number of fused-ring (bicyclic) bond motifs is 1. The van der Waals surface area contributed by atoms with Crippen molar-refractivity contribution in [3.63, 3.8) is 0 Å². The number of aromatic nitrogens is 1. The predicted octanol–water partition coefficient (Wildman–Crippen LogP) is 2.56. The van der Waals surface area contributed by atoms with E-state index in [1.165, 1.54) is 17.5 Å². The molecule has 24 heavy (non-hydrogen) atoms. The van der Waals surface area contributed by atoms with Crippen LogP contribution in [-0.4, -0.2) is 42.0 Å². The summed E-state index contributed by atoms with van der Waals surface area (Å²) in [6.45, 7) is 3.74. The molecule has 3 heterocycles. The maximum Gasteiger partial charge on any atom is 0.341 e. The quantitative estimate of drug-likeness (QED) is 0.862. The maximum absolute atomic E-state index is 12.4. The third kappa shape index (κ3) is 3.32. The summed E-state index contributed by atoms with van der Waals surface area (Å²) < 4.78 is 5.20. The van der Waals surface area contributed by atoms with Crippen molar-refractivity contribution < 1.29 is 14.3 Å². The van der Waals surface area contributed by atoms with Crippen LogP contribution in [0.15, 0.2) is 24.5 Å². The van der Waals surface area contributed by atoms with Crippen molar-refractivity contribution in [3.05, 3.63) is 46.1 Å². The minimum Gasteiger partial charge on any atom is -0.462 e. The molecule has 1 N–H and O–H groups in total. The zero-order chi connectivity index (χ0) is 17.1. The molecule has 0 atom stereocenters. The monoisotopic (exact) mass is 345 g/mol. The van der Waals surface area contributed by atoms with Gasteiger partial charge < -0.3 is 15.0 Å². The van der Waals surface area contributed by atoms with Crippen LogP contribution in [0.25, 0.3) is 0 Å². The highest BCUT2D eigenvalue weighted by atomic mass is 32.1. The molecule has 0 fully saturated rings. The molecule has 1 aliphatic heterocycles. The number of amides is 1. The number of carbonyl (C=O) groups excluding carboxylic acids is 2. The van der Waals surface area contributed by atoms with Crippen molar-refractivity contribution in [2.45, 2.75) is 19.9 Å². The van der Waals surface area contributed by atoms with Gasteiger partial charge in [-0.3, -0.25) is 9.78 Å². The lowest BCUT2D eigenvalue weighted by atomic mass is 10.0. The summed E-state index contributed by atoms with van der Waals surface area (Å²) in [7, 11) is 2.04. The summed E-state index contributed by atoms with van der Waals surface area (Å²) in [6, 6.07) is 3.39. The number of thiophene rings is 1. The Morgan fingerprint density at radius 1 is 1.46 bits per heavy atom. The Labute approximate surface area is 144 Å². The molecule has 0 spiro atoms. The second kappa shape index (κ2) is 7.11. The molecule has 126 valence electrons. The standard InChI is InChI=1S/C17H19N3O3S/c1-3-23-17(22)14-12-6-8-20(2)10-13(12)24-16(14)19-15(21)11-5-4-7-18-9-11/h4-5,7,9H,3,6,8,10H2,1-2H3,(H,19,21). The highest BCUT2D eigenvalue weighted by molar-refractivity contribution is 7.17. The van der Waals surface area contributed by atoms with Crippen molar-refractivity contribution in [3.8, 4) is 0 Å². The normalized spacial score (nSPS) is 14.1. The molecule has 2 aromatic rings. The number of likely N-dealkylation sites (N-methyl/N-ethyl adjacent to an activating group) is 1. The van der Waals surface area contributed by atoms with Crippen molar-refractivity contribution >= 4 is 28.2 Å². The molecule has 0 unspecified atom stereocenters. The van der Waals surface area contributed by atoms with Gasteiger partial charge in [0.1, 0.15) is 5.00 Å². The van der Waals surface area contributed by atoms with Gasteiger partial charge in [-0.25, -0.2) is 4.79 Å². The highest BCUT2D eigenvalue weighted by Crippen LogP contribution is 2.37. The molecule has 1 amide bonds. The third-order valence-corrected chi connectivity index (χ3v) is 5.01. The summed E-state index contributed by atoms with van der Waals surface area (Å²) in [5.74, 6) is -0.651. The predicted molar refractivity (Wildman–Crippen MR) is 92.5 cm³/mol. The molecule has 2 aromatic heterocycles. The Kier molecular flexibility index (Phi) is 4.92. The van der Waals surface area contributed by atoms with E-state index in [-0.39, 0.29) is 11.9 Å². The van der Waals surface area contributed by atoms with E-state index in [1.807, 2.05) is 7.05 Å². The van der Waals surface area contributed by atoms with Gasteiger partial charge in [-0.15, -0.1) is 11.3 Å². The third-order valence-electron chi connectivity index (χ3n) is 3.88. The van der Waals surface area contributed by atoms with E-state index in [2.05, 4.69) is 15.2 Å². The molecule has 1 aliphatic rings. The minimum atomic E-state index is -0.374. The Hall–Kier alpha value is -2.25. The number of nitrogens with one attached hydrogen (secondary N) is 1. The van der Waals surface area contributed by atoms with Crippen LogP contribution in [0, 0.1) is 0 Å². The number of carbonyl (C=O) groups is 2. The molecule has 0 aromatic carbocycles. The molecule has 3 rings (SSSR count). The molecular weight excluding hydrogens is 326 g/mol. The first-order chi connectivity index (χ1) is 11.6. The number of pyridine rings is 1. The number of nitrogens with zero attached hydrogens (tertiary/aromatic N) is 2. The first kappa shape index (κ1) is 16.6. The van der Waals surface area contributed by atoms with Crippen molar-refractivity contribution in [2.24, 2.45) is 0 Å². The van der Waals surface area contributed by atoms with Crippen molar-refractivity contribution in [1.29, 1.82) is 0 Å². The molecule has 0 aliphatic carbocycles. The number of anilines is 1. The smallest absolute Gasteiger partial charge is 0.341 e.